The van der Waals surface area contributed by atoms with Gasteiger partial charge in [0, 0.05) is 30.3 Å². The topological polar surface area (TPSA) is 84.9 Å². The molecule has 0 saturated carbocycles. The lowest BCUT2D eigenvalue weighted by Crippen LogP contribution is -2.28. The van der Waals surface area contributed by atoms with E-state index in [1.807, 2.05) is 0 Å². The van der Waals surface area contributed by atoms with Crippen molar-refractivity contribution in [1.29, 1.82) is 0 Å². The number of ketones is 1. The van der Waals surface area contributed by atoms with Gasteiger partial charge in [-0.05, 0) is 43.3 Å². The standard InChI is InChI=1S/C21H22N2O5/c1-13(24)14-4-6-16(7-5-14)22-21(26)15-10-20(25)23(12-15)18-11-17(27-2)8-9-19(18)28-3/h4-9,11,15H,10,12H2,1-3H3,(H,22,26). The Hall–Kier alpha value is -3.35. The van der Waals surface area contributed by atoms with E-state index in [4.69, 9.17) is 9.47 Å². The first-order valence-corrected chi connectivity index (χ1v) is 8.87. The predicted molar refractivity (Wildman–Crippen MR) is 105 cm³/mol. The van der Waals surface area contributed by atoms with Crippen molar-refractivity contribution in [3.05, 3.63) is 48.0 Å². The minimum atomic E-state index is -0.490. The van der Waals surface area contributed by atoms with Crippen molar-refractivity contribution in [2.75, 3.05) is 31.0 Å². The van der Waals surface area contributed by atoms with Gasteiger partial charge in [-0.3, -0.25) is 14.4 Å². The highest BCUT2D eigenvalue weighted by Crippen LogP contribution is 2.36. The van der Waals surface area contributed by atoms with Gasteiger partial charge < -0.3 is 19.7 Å². The second-order valence-electron chi connectivity index (χ2n) is 6.57. The average Bonchev–Trinajstić information content (AvgIpc) is 3.09. The Labute approximate surface area is 163 Å². The van der Waals surface area contributed by atoms with Crippen LogP contribution in [0, 0.1) is 5.92 Å². The molecule has 1 heterocycles. The third kappa shape index (κ3) is 3.98. The normalized spacial score (nSPS) is 16.0. The fraction of sp³-hybridized carbons (Fsp3) is 0.286. The molecule has 1 saturated heterocycles. The number of carbonyl (C=O) groups excluding carboxylic acids is 3. The number of anilines is 2. The fourth-order valence-corrected chi connectivity index (χ4v) is 3.16. The summed E-state index contributed by atoms with van der Waals surface area (Å²) in [6, 6.07) is 11.9. The number of methoxy groups -OCH3 is 2. The third-order valence-electron chi connectivity index (χ3n) is 4.73. The summed E-state index contributed by atoms with van der Waals surface area (Å²) in [4.78, 5) is 38.1. The molecule has 0 radical (unpaired) electrons. The molecule has 0 aliphatic carbocycles. The Kier molecular flexibility index (Phi) is 5.63. The molecule has 1 atom stereocenters. The van der Waals surface area contributed by atoms with E-state index in [1.54, 1.807) is 54.5 Å². The van der Waals surface area contributed by atoms with Crippen LogP contribution < -0.4 is 19.7 Å². The van der Waals surface area contributed by atoms with Crippen LogP contribution in [0.15, 0.2) is 42.5 Å². The van der Waals surface area contributed by atoms with E-state index < -0.39 is 5.92 Å². The molecule has 3 rings (SSSR count). The zero-order valence-corrected chi connectivity index (χ0v) is 16.0. The molecule has 1 aliphatic heterocycles. The number of rotatable bonds is 6. The highest BCUT2D eigenvalue weighted by atomic mass is 16.5. The minimum Gasteiger partial charge on any atom is -0.497 e. The fourth-order valence-electron chi connectivity index (χ4n) is 3.16. The van der Waals surface area contributed by atoms with Crippen molar-refractivity contribution >= 4 is 29.0 Å². The molecule has 2 amide bonds. The SMILES string of the molecule is COc1ccc(OC)c(N2CC(C(=O)Nc3ccc(C(C)=O)cc3)CC2=O)c1. The van der Waals surface area contributed by atoms with Gasteiger partial charge in [-0.25, -0.2) is 0 Å². The number of carbonyl (C=O) groups is 3. The second kappa shape index (κ2) is 8.12. The van der Waals surface area contributed by atoms with Gasteiger partial charge in [-0.1, -0.05) is 0 Å². The van der Waals surface area contributed by atoms with Crippen LogP contribution in [-0.2, 0) is 9.59 Å². The van der Waals surface area contributed by atoms with Gasteiger partial charge in [0.2, 0.25) is 11.8 Å². The van der Waals surface area contributed by atoms with E-state index in [1.165, 1.54) is 14.0 Å². The van der Waals surface area contributed by atoms with Gasteiger partial charge in [-0.2, -0.15) is 0 Å². The zero-order chi connectivity index (χ0) is 20.3. The maximum atomic E-state index is 12.6. The lowest BCUT2D eigenvalue weighted by atomic mass is 10.1. The van der Waals surface area contributed by atoms with E-state index in [-0.39, 0.29) is 30.6 Å². The number of hydrogen-bond donors (Lipinski definition) is 1. The van der Waals surface area contributed by atoms with Crippen LogP contribution >= 0.6 is 0 Å². The number of nitrogens with one attached hydrogen (secondary N) is 1. The average molecular weight is 382 g/mol. The first-order valence-electron chi connectivity index (χ1n) is 8.87. The van der Waals surface area contributed by atoms with Crippen molar-refractivity contribution in [3.8, 4) is 11.5 Å². The Balaban J connectivity index is 1.73. The maximum Gasteiger partial charge on any atom is 0.229 e. The van der Waals surface area contributed by atoms with Crippen molar-refractivity contribution in [3.63, 3.8) is 0 Å². The van der Waals surface area contributed by atoms with Gasteiger partial charge in [0.1, 0.15) is 11.5 Å². The molecule has 28 heavy (non-hydrogen) atoms. The summed E-state index contributed by atoms with van der Waals surface area (Å²) >= 11 is 0. The largest absolute Gasteiger partial charge is 0.497 e. The molecule has 1 N–H and O–H groups in total. The van der Waals surface area contributed by atoms with E-state index in [0.29, 0.717) is 28.4 Å². The molecule has 7 heteroatoms. The van der Waals surface area contributed by atoms with Crippen molar-refractivity contribution < 1.29 is 23.9 Å². The van der Waals surface area contributed by atoms with Crippen molar-refractivity contribution in [2.45, 2.75) is 13.3 Å². The second-order valence-corrected chi connectivity index (χ2v) is 6.57. The van der Waals surface area contributed by atoms with Gasteiger partial charge in [-0.15, -0.1) is 0 Å². The highest BCUT2D eigenvalue weighted by Gasteiger charge is 2.36. The molecule has 0 aromatic heterocycles. The number of Topliss-reactive ketones (excluding diaryl/α,β-unsaturated/α-hetero) is 1. The van der Waals surface area contributed by atoms with Gasteiger partial charge in [0.15, 0.2) is 5.78 Å². The van der Waals surface area contributed by atoms with Crippen LogP contribution in [0.3, 0.4) is 0 Å². The molecule has 2 aromatic rings. The van der Waals surface area contributed by atoms with Gasteiger partial charge >= 0.3 is 0 Å². The monoisotopic (exact) mass is 382 g/mol. The van der Waals surface area contributed by atoms with Crippen LogP contribution in [0.1, 0.15) is 23.7 Å². The Morgan fingerprint density at radius 1 is 1.07 bits per heavy atom. The first-order chi connectivity index (χ1) is 13.4. The summed E-state index contributed by atoms with van der Waals surface area (Å²) in [5.74, 6) is 0.210. The lowest BCUT2D eigenvalue weighted by molar-refractivity contribution is -0.122. The molecule has 1 fully saturated rings. The number of amides is 2. The zero-order valence-electron chi connectivity index (χ0n) is 16.0. The van der Waals surface area contributed by atoms with Crippen molar-refractivity contribution in [2.24, 2.45) is 5.92 Å². The number of nitrogens with zero attached hydrogens (tertiary/aromatic N) is 1. The van der Waals surface area contributed by atoms with E-state index in [0.717, 1.165) is 0 Å². The molecule has 7 nitrogen and oxygen atoms in total. The summed E-state index contributed by atoms with van der Waals surface area (Å²) in [5.41, 5.74) is 1.73. The third-order valence-corrected chi connectivity index (χ3v) is 4.73. The summed E-state index contributed by atoms with van der Waals surface area (Å²) < 4.78 is 10.6. The van der Waals surface area contributed by atoms with Crippen LogP contribution in [0.25, 0.3) is 0 Å². The minimum absolute atomic E-state index is 0.0397. The number of hydrogen-bond acceptors (Lipinski definition) is 5. The Bertz CT molecular complexity index is 908. The number of benzene rings is 2. The Morgan fingerprint density at radius 3 is 2.39 bits per heavy atom. The maximum absolute atomic E-state index is 12.6. The van der Waals surface area contributed by atoms with Crippen LogP contribution in [-0.4, -0.2) is 38.4 Å². The van der Waals surface area contributed by atoms with Crippen LogP contribution in [0.2, 0.25) is 0 Å². The molecule has 2 aromatic carbocycles. The predicted octanol–water partition coefficient (Wildman–Crippen LogP) is 2.90. The van der Waals surface area contributed by atoms with Crippen LogP contribution in [0.4, 0.5) is 11.4 Å². The molecule has 1 aliphatic rings. The van der Waals surface area contributed by atoms with Gasteiger partial charge in [0.05, 0.1) is 25.8 Å². The van der Waals surface area contributed by atoms with E-state index in [2.05, 4.69) is 5.32 Å². The molecular weight excluding hydrogens is 360 g/mol. The lowest BCUT2D eigenvalue weighted by Gasteiger charge is -2.20. The molecular formula is C21H22N2O5. The summed E-state index contributed by atoms with van der Waals surface area (Å²) in [6.07, 6.45) is 0.109. The summed E-state index contributed by atoms with van der Waals surface area (Å²) in [5, 5.41) is 2.81. The van der Waals surface area contributed by atoms with Crippen molar-refractivity contribution in [1.82, 2.24) is 0 Å². The molecule has 0 bridgehead atoms. The quantitative estimate of drug-likeness (QED) is 0.777. The summed E-state index contributed by atoms with van der Waals surface area (Å²) in [6.45, 7) is 1.74. The number of ether oxygens (including phenoxy) is 2. The first kappa shape index (κ1) is 19.4. The van der Waals surface area contributed by atoms with E-state index in [9.17, 15) is 14.4 Å². The van der Waals surface area contributed by atoms with Gasteiger partial charge in [0.25, 0.3) is 0 Å². The summed E-state index contributed by atoms with van der Waals surface area (Å²) in [7, 11) is 3.08. The molecule has 1 unspecified atom stereocenters. The smallest absolute Gasteiger partial charge is 0.229 e. The van der Waals surface area contributed by atoms with E-state index >= 15 is 0 Å². The Morgan fingerprint density at radius 2 is 1.79 bits per heavy atom. The highest BCUT2D eigenvalue weighted by molar-refractivity contribution is 6.04. The molecule has 146 valence electrons. The molecule has 0 spiro atoms. The van der Waals surface area contributed by atoms with Crippen LogP contribution in [0.5, 0.6) is 11.5 Å².